The summed E-state index contributed by atoms with van der Waals surface area (Å²) in [5, 5.41) is 13.9. The van der Waals surface area contributed by atoms with E-state index in [4.69, 9.17) is 0 Å². The van der Waals surface area contributed by atoms with Crippen molar-refractivity contribution >= 4 is 11.7 Å². The van der Waals surface area contributed by atoms with Crippen LogP contribution in [0, 0.1) is 35.0 Å². The lowest BCUT2D eigenvalue weighted by Gasteiger charge is -2.44. The molecule has 1 unspecified atom stereocenters. The van der Waals surface area contributed by atoms with Crippen LogP contribution in [0.3, 0.4) is 0 Å². The molecule has 1 aliphatic heterocycles. The van der Waals surface area contributed by atoms with Crippen LogP contribution in [-0.2, 0) is 16.0 Å². The van der Waals surface area contributed by atoms with E-state index in [2.05, 4.69) is 43.4 Å². The topological polar surface area (TPSA) is 66.4 Å². The molecular formula is C28H35NO3. The molecular weight excluding hydrogens is 398 g/mol. The van der Waals surface area contributed by atoms with Crippen LogP contribution in [0.1, 0.15) is 39.7 Å². The lowest BCUT2D eigenvalue weighted by Crippen LogP contribution is -2.51. The van der Waals surface area contributed by atoms with Crippen LogP contribution in [0.25, 0.3) is 0 Å². The van der Waals surface area contributed by atoms with Crippen molar-refractivity contribution in [2.75, 3.05) is 0 Å². The Morgan fingerprint density at radius 2 is 1.81 bits per heavy atom. The molecule has 2 aliphatic carbocycles. The SMILES string of the molecule is CC1=CC2C=CC[C@H](C)[C@@H](O)[C@@H](C)C=CC(=O)[C@]23C(=O)N[C@@H](Cc2ccccc2)[C@@H]3[C@@H]1C. The van der Waals surface area contributed by atoms with E-state index in [1.807, 2.05) is 38.1 Å². The maximum Gasteiger partial charge on any atom is 0.235 e. The van der Waals surface area contributed by atoms with Gasteiger partial charge in [-0.15, -0.1) is 0 Å². The molecule has 0 aromatic heterocycles. The average molecular weight is 434 g/mol. The van der Waals surface area contributed by atoms with E-state index in [1.54, 1.807) is 12.2 Å². The molecule has 4 heteroatoms. The van der Waals surface area contributed by atoms with Crippen LogP contribution in [0.4, 0.5) is 0 Å². The zero-order chi connectivity index (χ0) is 23.0. The molecule has 8 atom stereocenters. The quantitative estimate of drug-likeness (QED) is 0.541. The number of hydrogen-bond acceptors (Lipinski definition) is 3. The molecule has 170 valence electrons. The molecule has 1 spiro atoms. The molecule has 2 N–H and O–H groups in total. The van der Waals surface area contributed by atoms with E-state index in [0.29, 0.717) is 12.8 Å². The van der Waals surface area contributed by atoms with Crippen LogP contribution >= 0.6 is 0 Å². The van der Waals surface area contributed by atoms with Crippen molar-refractivity contribution in [3.05, 3.63) is 71.8 Å². The van der Waals surface area contributed by atoms with Gasteiger partial charge in [-0.2, -0.15) is 0 Å². The Morgan fingerprint density at radius 3 is 2.53 bits per heavy atom. The summed E-state index contributed by atoms with van der Waals surface area (Å²) < 4.78 is 0. The number of amides is 1. The summed E-state index contributed by atoms with van der Waals surface area (Å²) in [5.74, 6) is -0.710. The zero-order valence-electron chi connectivity index (χ0n) is 19.5. The standard InChI is InChI=1S/C28H35NO3/c1-17-9-8-12-22-15-19(3)20(4)25-23(16-21-10-6-5-7-11-21)29-27(32)28(22,25)24(30)14-13-18(2)26(17)31/h5-8,10-15,17-18,20,22-23,25-26,31H,9,16H2,1-4H3,(H,29,32)/t17-,18-,20+,22?,23-,25-,26+,28+/m0/s1. The van der Waals surface area contributed by atoms with Gasteiger partial charge in [0, 0.05) is 23.8 Å². The molecule has 0 radical (unpaired) electrons. The Hall–Kier alpha value is -2.46. The highest BCUT2D eigenvalue weighted by Gasteiger charge is 2.64. The Kier molecular flexibility index (Phi) is 6.26. The second kappa shape index (κ2) is 8.82. The predicted molar refractivity (Wildman–Crippen MR) is 127 cm³/mol. The number of aliphatic hydroxyl groups is 1. The van der Waals surface area contributed by atoms with Crippen molar-refractivity contribution in [3.63, 3.8) is 0 Å². The second-order valence-corrected chi connectivity index (χ2v) is 10.1. The van der Waals surface area contributed by atoms with Gasteiger partial charge in [-0.3, -0.25) is 9.59 Å². The van der Waals surface area contributed by atoms with Gasteiger partial charge in [-0.05, 0) is 43.2 Å². The molecule has 0 saturated carbocycles. The summed E-state index contributed by atoms with van der Waals surface area (Å²) in [6.45, 7) is 8.22. The number of aliphatic hydroxyl groups excluding tert-OH is 1. The van der Waals surface area contributed by atoms with Gasteiger partial charge < -0.3 is 10.4 Å². The van der Waals surface area contributed by atoms with Crippen LogP contribution in [-0.4, -0.2) is 28.9 Å². The predicted octanol–water partition coefficient (Wildman–Crippen LogP) is 4.26. The van der Waals surface area contributed by atoms with Gasteiger partial charge in [0.2, 0.25) is 5.91 Å². The van der Waals surface area contributed by atoms with Crippen molar-refractivity contribution in [1.82, 2.24) is 5.32 Å². The molecule has 1 aromatic carbocycles. The third-order valence-electron chi connectivity index (χ3n) is 8.11. The fourth-order valence-corrected chi connectivity index (χ4v) is 6.09. The minimum Gasteiger partial charge on any atom is -0.392 e. The summed E-state index contributed by atoms with van der Waals surface area (Å²) in [6.07, 6.45) is 10.5. The molecule has 0 bridgehead atoms. The van der Waals surface area contributed by atoms with E-state index < -0.39 is 11.5 Å². The van der Waals surface area contributed by atoms with Crippen molar-refractivity contribution in [1.29, 1.82) is 0 Å². The maximum absolute atomic E-state index is 13.9. The number of benzene rings is 1. The number of rotatable bonds is 2. The number of allylic oxidation sites excluding steroid dienone is 5. The molecule has 1 heterocycles. The number of ketones is 1. The Balaban J connectivity index is 1.83. The smallest absolute Gasteiger partial charge is 0.235 e. The highest BCUT2D eigenvalue weighted by molar-refractivity contribution is 6.13. The number of hydrogen-bond donors (Lipinski definition) is 2. The third kappa shape index (κ3) is 3.69. The van der Waals surface area contributed by atoms with Gasteiger partial charge in [0.1, 0.15) is 5.41 Å². The minimum absolute atomic E-state index is 0.0710. The fourth-order valence-electron chi connectivity index (χ4n) is 6.09. The first-order valence-corrected chi connectivity index (χ1v) is 11.9. The Bertz CT molecular complexity index is 962. The van der Waals surface area contributed by atoms with Crippen LogP contribution in [0.5, 0.6) is 0 Å². The molecule has 1 amide bonds. The molecule has 1 fully saturated rings. The van der Waals surface area contributed by atoms with Gasteiger partial charge in [-0.1, -0.05) is 81.0 Å². The first kappa shape index (κ1) is 22.7. The summed E-state index contributed by atoms with van der Waals surface area (Å²) in [6, 6.07) is 10.1. The van der Waals surface area contributed by atoms with Crippen molar-refractivity contribution in [3.8, 4) is 0 Å². The average Bonchev–Trinajstić information content (AvgIpc) is 3.07. The van der Waals surface area contributed by atoms with E-state index in [1.165, 1.54) is 5.57 Å². The highest BCUT2D eigenvalue weighted by atomic mass is 16.3. The summed E-state index contributed by atoms with van der Waals surface area (Å²) in [5.41, 5.74) is 1.23. The summed E-state index contributed by atoms with van der Waals surface area (Å²) in [7, 11) is 0. The van der Waals surface area contributed by atoms with E-state index in [0.717, 1.165) is 5.56 Å². The molecule has 4 nitrogen and oxygen atoms in total. The lowest BCUT2D eigenvalue weighted by atomic mass is 9.55. The largest absolute Gasteiger partial charge is 0.392 e. The van der Waals surface area contributed by atoms with Crippen LogP contribution in [0.2, 0.25) is 0 Å². The molecule has 4 rings (SSSR count). The zero-order valence-corrected chi connectivity index (χ0v) is 19.5. The van der Waals surface area contributed by atoms with Gasteiger partial charge in [0.15, 0.2) is 5.78 Å². The molecule has 1 saturated heterocycles. The monoisotopic (exact) mass is 433 g/mol. The normalized spacial score (nSPS) is 39.5. The van der Waals surface area contributed by atoms with Gasteiger partial charge in [-0.25, -0.2) is 0 Å². The summed E-state index contributed by atoms with van der Waals surface area (Å²) >= 11 is 0. The number of nitrogens with one attached hydrogen (secondary N) is 1. The van der Waals surface area contributed by atoms with Gasteiger partial charge in [0.05, 0.1) is 6.10 Å². The van der Waals surface area contributed by atoms with Crippen molar-refractivity contribution in [2.24, 2.45) is 35.0 Å². The minimum atomic E-state index is -1.15. The van der Waals surface area contributed by atoms with Crippen LogP contribution < -0.4 is 5.32 Å². The second-order valence-electron chi connectivity index (χ2n) is 10.1. The number of carbonyl (C=O) groups excluding carboxylic acids is 2. The molecule has 32 heavy (non-hydrogen) atoms. The molecule has 3 aliphatic rings. The Labute approximate surface area is 191 Å². The summed E-state index contributed by atoms with van der Waals surface area (Å²) in [4.78, 5) is 27.6. The fraction of sp³-hybridized carbons (Fsp3) is 0.500. The first-order valence-electron chi connectivity index (χ1n) is 11.9. The van der Waals surface area contributed by atoms with E-state index in [-0.39, 0.29) is 47.3 Å². The Morgan fingerprint density at radius 1 is 1.09 bits per heavy atom. The first-order chi connectivity index (χ1) is 15.3. The lowest BCUT2D eigenvalue weighted by molar-refractivity contribution is -0.142. The van der Waals surface area contributed by atoms with Gasteiger partial charge in [0.25, 0.3) is 0 Å². The van der Waals surface area contributed by atoms with Crippen LogP contribution in [0.15, 0.2) is 66.3 Å². The van der Waals surface area contributed by atoms with Crippen molar-refractivity contribution < 1.29 is 14.7 Å². The number of carbonyl (C=O) groups is 2. The van der Waals surface area contributed by atoms with Gasteiger partial charge >= 0.3 is 0 Å². The highest BCUT2D eigenvalue weighted by Crippen LogP contribution is 2.54. The van der Waals surface area contributed by atoms with Crippen molar-refractivity contribution in [2.45, 2.75) is 52.7 Å². The van der Waals surface area contributed by atoms with E-state index >= 15 is 0 Å². The molecule has 1 aromatic rings. The van der Waals surface area contributed by atoms with E-state index in [9.17, 15) is 14.7 Å². The maximum atomic E-state index is 13.9. The third-order valence-corrected chi connectivity index (χ3v) is 8.11.